The van der Waals surface area contributed by atoms with E-state index in [0.29, 0.717) is 22.9 Å². The smallest absolute Gasteiger partial charge is 0.309 e. The molecule has 0 fully saturated rings. The number of aliphatic hydroxyl groups is 1. The van der Waals surface area contributed by atoms with Crippen LogP contribution in [0.5, 0.6) is 0 Å². The highest BCUT2D eigenvalue weighted by atomic mass is 79.9. The summed E-state index contributed by atoms with van der Waals surface area (Å²) < 4.78 is 18.9. The predicted molar refractivity (Wildman–Crippen MR) is 97.4 cm³/mol. The Balaban J connectivity index is 0.000000413. The van der Waals surface area contributed by atoms with Gasteiger partial charge in [0.25, 0.3) is 0 Å². The van der Waals surface area contributed by atoms with E-state index < -0.39 is 17.4 Å². The maximum absolute atomic E-state index is 13.4. The van der Waals surface area contributed by atoms with Crippen molar-refractivity contribution in [1.82, 2.24) is 0 Å². The van der Waals surface area contributed by atoms with E-state index in [1.807, 2.05) is 0 Å². The second-order valence-corrected chi connectivity index (χ2v) is 6.99. The largest absolute Gasteiger partial charge is 0.466 e. The minimum atomic E-state index is -1.31. The third-order valence-electron chi connectivity index (χ3n) is 4.15. The molecule has 2 rings (SSSR count). The van der Waals surface area contributed by atoms with Gasteiger partial charge in [0.2, 0.25) is 0 Å². The van der Waals surface area contributed by atoms with Crippen molar-refractivity contribution in [2.45, 2.75) is 71.3 Å². The highest BCUT2D eigenvalue weighted by Gasteiger charge is 2.40. The SMILES string of the molecule is CCCCCC.CCOC(=O)CC1(O)CCc2c(Br)cc(F)cc21. The highest BCUT2D eigenvalue weighted by Crippen LogP contribution is 2.43. The van der Waals surface area contributed by atoms with E-state index in [9.17, 15) is 14.3 Å². The summed E-state index contributed by atoms with van der Waals surface area (Å²) in [6.45, 7) is 6.45. The van der Waals surface area contributed by atoms with Crippen molar-refractivity contribution in [2.24, 2.45) is 0 Å². The number of carbonyl (C=O) groups is 1. The van der Waals surface area contributed by atoms with Crippen molar-refractivity contribution in [1.29, 1.82) is 0 Å². The number of benzene rings is 1. The summed E-state index contributed by atoms with van der Waals surface area (Å²) >= 11 is 3.28. The molecule has 1 aromatic carbocycles. The number of hydrogen-bond donors (Lipinski definition) is 1. The molecule has 136 valence electrons. The molecule has 0 aromatic heterocycles. The van der Waals surface area contributed by atoms with Gasteiger partial charge in [-0.1, -0.05) is 55.5 Å². The third-order valence-corrected chi connectivity index (χ3v) is 4.86. The number of rotatable bonds is 6. The molecule has 0 saturated heterocycles. The Morgan fingerprint density at radius 2 is 1.92 bits per heavy atom. The van der Waals surface area contributed by atoms with Gasteiger partial charge in [-0.05, 0) is 43.0 Å². The van der Waals surface area contributed by atoms with Crippen LogP contribution in [0.15, 0.2) is 16.6 Å². The van der Waals surface area contributed by atoms with Gasteiger partial charge in [0.1, 0.15) is 11.4 Å². The molecule has 0 radical (unpaired) electrons. The van der Waals surface area contributed by atoms with Gasteiger partial charge in [0.05, 0.1) is 13.0 Å². The van der Waals surface area contributed by atoms with Crippen molar-refractivity contribution in [2.75, 3.05) is 6.61 Å². The normalized spacial score (nSPS) is 18.6. The van der Waals surface area contributed by atoms with Crippen LogP contribution in [0.25, 0.3) is 0 Å². The van der Waals surface area contributed by atoms with Gasteiger partial charge in [-0.15, -0.1) is 0 Å². The number of esters is 1. The van der Waals surface area contributed by atoms with E-state index >= 15 is 0 Å². The summed E-state index contributed by atoms with van der Waals surface area (Å²) in [5.41, 5.74) is 0.0391. The van der Waals surface area contributed by atoms with Crippen molar-refractivity contribution >= 4 is 21.9 Å². The first-order valence-electron chi connectivity index (χ1n) is 8.74. The molecule has 1 unspecified atom stereocenters. The van der Waals surface area contributed by atoms with Crippen LogP contribution in [-0.2, 0) is 21.6 Å². The Morgan fingerprint density at radius 3 is 2.46 bits per heavy atom. The van der Waals surface area contributed by atoms with Gasteiger partial charge >= 0.3 is 5.97 Å². The number of carbonyl (C=O) groups excluding carboxylic acids is 1. The molecule has 3 nitrogen and oxygen atoms in total. The molecule has 0 saturated carbocycles. The van der Waals surface area contributed by atoms with Crippen molar-refractivity contribution < 1.29 is 19.0 Å². The molecule has 1 N–H and O–H groups in total. The molecule has 24 heavy (non-hydrogen) atoms. The van der Waals surface area contributed by atoms with Gasteiger partial charge in [-0.2, -0.15) is 0 Å². The van der Waals surface area contributed by atoms with E-state index in [-0.39, 0.29) is 13.0 Å². The maximum Gasteiger partial charge on any atom is 0.309 e. The topological polar surface area (TPSA) is 46.5 Å². The van der Waals surface area contributed by atoms with Crippen LogP contribution in [0.1, 0.15) is 70.4 Å². The van der Waals surface area contributed by atoms with Gasteiger partial charge in [0, 0.05) is 4.47 Å². The number of unbranched alkanes of at least 4 members (excludes halogenated alkanes) is 3. The van der Waals surface area contributed by atoms with Gasteiger partial charge < -0.3 is 9.84 Å². The Kier molecular flexibility index (Phi) is 8.92. The van der Waals surface area contributed by atoms with E-state index in [0.717, 1.165) is 5.56 Å². The van der Waals surface area contributed by atoms with Gasteiger partial charge in [-0.3, -0.25) is 4.79 Å². The lowest BCUT2D eigenvalue weighted by Crippen LogP contribution is -2.27. The van der Waals surface area contributed by atoms with Crippen LogP contribution >= 0.6 is 15.9 Å². The summed E-state index contributed by atoms with van der Waals surface area (Å²) in [7, 11) is 0. The molecule has 0 spiro atoms. The van der Waals surface area contributed by atoms with E-state index in [4.69, 9.17) is 4.74 Å². The van der Waals surface area contributed by atoms with Gasteiger partial charge in [0.15, 0.2) is 0 Å². The van der Waals surface area contributed by atoms with E-state index in [2.05, 4.69) is 29.8 Å². The molecule has 0 aliphatic heterocycles. The first kappa shape index (κ1) is 21.1. The van der Waals surface area contributed by atoms with Crippen molar-refractivity contribution in [3.05, 3.63) is 33.5 Å². The second-order valence-electron chi connectivity index (χ2n) is 6.13. The molecule has 0 amide bonds. The molecule has 0 heterocycles. The monoisotopic (exact) mass is 402 g/mol. The maximum atomic E-state index is 13.4. The van der Waals surface area contributed by atoms with Gasteiger partial charge in [-0.25, -0.2) is 4.39 Å². The number of halogens is 2. The number of fused-ring (bicyclic) bond motifs is 1. The quantitative estimate of drug-likeness (QED) is 0.521. The molecule has 1 atom stereocenters. The average molecular weight is 403 g/mol. The first-order chi connectivity index (χ1) is 11.4. The van der Waals surface area contributed by atoms with Crippen LogP contribution in [0, 0.1) is 5.82 Å². The zero-order chi connectivity index (χ0) is 18.2. The highest BCUT2D eigenvalue weighted by molar-refractivity contribution is 9.10. The summed E-state index contributed by atoms with van der Waals surface area (Å²) in [5.74, 6) is -0.891. The minimum absolute atomic E-state index is 0.135. The van der Waals surface area contributed by atoms with Crippen LogP contribution in [0.4, 0.5) is 4.39 Å². The van der Waals surface area contributed by atoms with Crippen LogP contribution in [0.2, 0.25) is 0 Å². The molecule has 1 aromatic rings. The Hall–Kier alpha value is -0.940. The van der Waals surface area contributed by atoms with Crippen LogP contribution in [-0.4, -0.2) is 17.7 Å². The first-order valence-corrected chi connectivity index (χ1v) is 9.53. The van der Waals surface area contributed by atoms with Crippen molar-refractivity contribution in [3.63, 3.8) is 0 Å². The molecule has 1 aliphatic carbocycles. The predicted octanol–water partition coefficient (Wildman–Crippen LogP) is 5.26. The van der Waals surface area contributed by atoms with E-state index in [1.165, 1.54) is 37.8 Å². The molecule has 1 aliphatic rings. The summed E-state index contributed by atoms with van der Waals surface area (Å²) in [5, 5.41) is 10.5. The number of ether oxygens (including phenoxy) is 1. The standard InChI is InChI=1S/C13H14BrFO3.C6H14/c1-2-18-12(16)7-13(17)4-3-9-10(13)5-8(15)6-11(9)14;1-3-5-6-4-2/h5-6,17H,2-4,7H2,1H3;3-6H2,1-2H3. The number of hydrogen-bond acceptors (Lipinski definition) is 3. The van der Waals surface area contributed by atoms with Crippen LogP contribution < -0.4 is 0 Å². The summed E-state index contributed by atoms with van der Waals surface area (Å²) in [6.07, 6.45) is 6.42. The third kappa shape index (κ3) is 5.85. The lowest BCUT2D eigenvalue weighted by Gasteiger charge is -2.23. The molecule has 0 bridgehead atoms. The molecular formula is C19H28BrFO3. The zero-order valence-electron chi connectivity index (χ0n) is 14.8. The summed E-state index contributed by atoms with van der Waals surface area (Å²) in [4.78, 5) is 11.5. The molecule has 5 heteroatoms. The summed E-state index contributed by atoms with van der Waals surface area (Å²) in [6, 6.07) is 2.67. The van der Waals surface area contributed by atoms with E-state index in [1.54, 1.807) is 6.92 Å². The lowest BCUT2D eigenvalue weighted by molar-refractivity contribution is -0.149. The fraction of sp³-hybridized carbons (Fsp3) is 0.632. The fourth-order valence-corrected chi connectivity index (χ4v) is 3.50. The van der Waals surface area contributed by atoms with Crippen molar-refractivity contribution in [3.8, 4) is 0 Å². The lowest BCUT2D eigenvalue weighted by atomic mass is 9.92. The fourth-order valence-electron chi connectivity index (χ4n) is 2.87. The second kappa shape index (κ2) is 10.1. The zero-order valence-corrected chi connectivity index (χ0v) is 16.4. The Labute approximate surface area is 152 Å². The average Bonchev–Trinajstić information content (AvgIpc) is 2.83. The Bertz CT molecular complexity index is 544. The van der Waals surface area contributed by atoms with Crippen LogP contribution in [0.3, 0.4) is 0 Å². The molecular weight excluding hydrogens is 375 g/mol. The Morgan fingerprint density at radius 1 is 1.29 bits per heavy atom. The minimum Gasteiger partial charge on any atom is -0.466 e.